The third kappa shape index (κ3) is 5.82. The van der Waals surface area contributed by atoms with Crippen molar-refractivity contribution in [2.75, 3.05) is 24.5 Å². The second kappa shape index (κ2) is 10.1. The van der Waals surface area contributed by atoms with Crippen LogP contribution in [0, 0.1) is 5.82 Å². The lowest BCUT2D eigenvalue weighted by atomic mass is 10.2. The lowest BCUT2D eigenvalue weighted by molar-refractivity contribution is 0.0951. The second-order valence-electron chi connectivity index (χ2n) is 6.75. The van der Waals surface area contributed by atoms with Gasteiger partial charge in [-0.15, -0.1) is 0 Å². The van der Waals surface area contributed by atoms with E-state index in [9.17, 15) is 17.6 Å². The molecule has 0 heterocycles. The van der Waals surface area contributed by atoms with Gasteiger partial charge in [-0.2, -0.15) is 0 Å². The molecule has 6 nitrogen and oxygen atoms in total. The fraction of sp³-hybridized carbons (Fsp3) is 0.174. The molecule has 0 saturated carbocycles. The molecule has 3 rings (SSSR count). The van der Waals surface area contributed by atoms with E-state index in [0.717, 1.165) is 0 Å². The summed E-state index contributed by atoms with van der Waals surface area (Å²) in [4.78, 5) is 12.5. The van der Waals surface area contributed by atoms with Crippen molar-refractivity contribution in [2.24, 2.45) is 0 Å². The molecule has 3 aromatic carbocycles. The molecule has 0 aliphatic rings. The van der Waals surface area contributed by atoms with E-state index < -0.39 is 10.0 Å². The van der Waals surface area contributed by atoms with E-state index in [4.69, 9.17) is 4.74 Å². The molecule has 0 saturated heterocycles. The monoisotopic (exact) mass is 442 g/mol. The summed E-state index contributed by atoms with van der Waals surface area (Å²) < 4.78 is 45.4. The molecule has 0 atom stereocenters. The molecular weight excluding hydrogens is 419 g/mol. The molecule has 0 aromatic heterocycles. The number of nitrogens with zero attached hydrogens (tertiary/aromatic N) is 1. The Bertz CT molecular complexity index is 1120. The lowest BCUT2D eigenvalue weighted by Gasteiger charge is -2.19. The zero-order valence-electron chi connectivity index (χ0n) is 17.0. The zero-order valence-corrected chi connectivity index (χ0v) is 17.8. The van der Waals surface area contributed by atoms with Gasteiger partial charge in [-0.25, -0.2) is 12.8 Å². The summed E-state index contributed by atoms with van der Waals surface area (Å²) in [6.07, 6.45) is 0.540. The quantitative estimate of drug-likeness (QED) is 0.511. The molecule has 3 aromatic rings. The van der Waals surface area contributed by atoms with Crippen LogP contribution in [0.4, 0.5) is 10.1 Å². The van der Waals surface area contributed by atoms with Crippen molar-refractivity contribution in [3.63, 3.8) is 0 Å². The van der Waals surface area contributed by atoms with Gasteiger partial charge < -0.3 is 10.1 Å². The van der Waals surface area contributed by atoms with E-state index >= 15 is 0 Å². The van der Waals surface area contributed by atoms with Crippen LogP contribution in [0.5, 0.6) is 5.75 Å². The van der Waals surface area contributed by atoms with Crippen LogP contribution in [0.15, 0.2) is 83.8 Å². The highest BCUT2D eigenvalue weighted by molar-refractivity contribution is 7.92. The summed E-state index contributed by atoms with van der Waals surface area (Å²) in [5, 5.41) is 2.75. The molecule has 162 valence electrons. The van der Waals surface area contributed by atoms with Gasteiger partial charge in [0.15, 0.2) is 0 Å². The first-order chi connectivity index (χ1) is 14.9. The highest BCUT2D eigenvalue weighted by Crippen LogP contribution is 2.22. The maximum atomic E-state index is 12.9. The molecule has 0 radical (unpaired) electrons. The van der Waals surface area contributed by atoms with Crippen molar-refractivity contribution in [2.45, 2.75) is 11.3 Å². The third-order valence-electron chi connectivity index (χ3n) is 4.56. The van der Waals surface area contributed by atoms with Crippen LogP contribution < -0.4 is 14.4 Å². The number of hydrogen-bond donors (Lipinski definition) is 1. The van der Waals surface area contributed by atoms with E-state index in [1.165, 1.54) is 53.8 Å². The summed E-state index contributed by atoms with van der Waals surface area (Å²) in [6.45, 7) is 0.698. The number of halogens is 1. The Labute approximate surface area is 181 Å². The van der Waals surface area contributed by atoms with Crippen LogP contribution in [0.25, 0.3) is 0 Å². The van der Waals surface area contributed by atoms with Crippen LogP contribution in [-0.2, 0) is 10.0 Å². The summed E-state index contributed by atoms with van der Waals surface area (Å²) in [5.74, 6) is -0.159. The fourth-order valence-electron chi connectivity index (χ4n) is 2.83. The average molecular weight is 443 g/mol. The van der Waals surface area contributed by atoms with Gasteiger partial charge in [0.2, 0.25) is 0 Å². The molecule has 0 aliphatic carbocycles. The smallest absolute Gasteiger partial charge is 0.264 e. The van der Waals surface area contributed by atoms with Crippen LogP contribution in [-0.4, -0.2) is 34.5 Å². The van der Waals surface area contributed by atoms with Crippen molar-refractivity contribution in [1.29, 1.82) is 0 Å². The molecule has 0 aliphatic heterocycles. The largest absolute Gasteiger partial charge is 0.494 e. The number of sulfonamides is 1. The van der Waals surface area contributed by atoms with E-state index in [0.29, 0.717) is 31.0 Å². The van der Waals surface area contributed by atoms with Gasteiger partial charge in [-0.05, 0) is 61.0 Å². The van der Waals surface area contributed by atoms with Crippen LogP contribution in [0.2, 0.25) is 0 Å². The van der Waals surface area contributed by atoms with Gasteiger partial charge in [-0.3, -0.25) is 9.10 Å². The molecule has 31 heavy (non-hydrogen) atoms. The number of anilines is 1. The van der Waals surface area contributed by atoms with Gasteiger partial charge >= 0.3 is 0 Å². The maximum absolute atomic E-state index is 12.9. The van der Waals surface area contributed by atoms with E-state index in [-0.39, 0.29) is 22.2 Å². The first-order valence-electron chi connectivity index (χ1n) is 9.68. The molecule has 1 N–H and O–H groups in total. The molecule has 0 bridgehead atoms. The van der Waals surface area contributed by atoms with E-state index in [1.807, 2.05) is 0 Å². The number of nitrogens with one attached hydrogen (secondary N) is 1. The minimum atomic E-state index is -3.80. The normalized spacial score (nSPS) is 11.0. The summed E-state index contributed by atoms with van der Waals surface area (Å²) in [6, 6.07) is 20.3. The predicted octanol–water partition coefficient (Wildman–Crippen LogP) is 3.85. The predicted molar refractivity (Wildman–Crippen MR) is 117 cm³/mol. The molecule has 0 spiro atoms. The molecule has 0 unspecified atom stereocenters. The third-order valence-corrected chi connectivity index (χ3v) is 6.35. The van der Waals surface area contributed by atoms with Crippen LogP contribution in [0.3, 0.4) is 0 Å². The average Bonchev–Trinajstić information content (AvgIpc) is 2.80. The Morgan fingerprint density at radius 3 is 2.42 bits per heavy atom. The van der Waals surface area contributed by atoms with Gasteiger partial charge in [0.1, 0.15) is 11.6 Å². The Hall–Kier alpha value is -3.39. The van der Waals surface area contributed by atoms with Crippen LogP contribution >= 0.6 is 0 Å². The van der Waals surface area contributed by atoms with Gasteiger partial charge in [-0.1, -0.05) is 24.3 Å². The number of carbonyl (C=O) groups excluding carboxylic acids is 1. The Kier molecular flexibility index (Phi) is 7.25. The number of para-hydroxylation sites is 1. The molecule has 1 amide bonds. The summed E-state index contributed by atoms with van der Waals surface area (Å²) in [7, 11) is -2.33. The van der Waals surface area contributed by atoms with Crippen LogP contribution in [0.1, 0.15) is 16.8 Å². The maximum Gasteiger partial charge on any atom is 0.264 e. The minimum absolute atomic E-state index is 0.0335. The Morgan fingerprint density at radius 1 is 1.00 bits per heavy atom. The van der Waals surface area contributed by atoms with Crippen molar-refractivity contribution < 1.29 is 22.3 Å². The number of ether oxygens (including phenoxy) is 1. The SMILES string of the molecule is CN(c1ccccc1)S(=O)(=O)c1cccc(C(=O)NCCCOc2ccc(F)cc2)c1. The number of hydrogen-bond acceptors (Lipinski definition) is 4. The van der Waals surface area contributed by atoms with Crippen molar-refractivity contribution in [1.82, 2.24) is 5.32 Å². The summed E-state index contributed by atoms with van der Waals surface area (Å²) in [5.41, 5.74) is 0.778. The highest BCUT2D eigenvalue weighted by Gasteiger charge is 2.22. The first-order valence-corrected chi connectivity index (χ1v) is 11.1. The zero-order chi connectivity index (χ0) is 22.3. The van der Waals surface area contributed by atoms with Crippen molar-refractivity contribution in [3.05, 3.63) is 90.2 Å². The van der Waals surface area contributed by atoms with Gasteiger partial charge in [0, 0.05) is 19.2 Å². The van der Waals surface area contributed by atoms with Gasteiger partial charge in [0.05, 0.1) is 17.2 Å². The van der Waals surface area contributed by atoms with Gasteiger partial charge in [0.25, 0.3) is 15.9 Å². The Morgan fingerprint density at radius 2 is 1.71 bits per heavy atom. The highest BCUT2D eigenvalue weighted by atomic mass is 32.2. The molecule has 8 heteroatoms. The molecular formula is C23H23FN2O4S. The minimum Gasteiger partial charge on any atom is -0.494 e. The summed E-state index contributed by atoms with van der Waals surface area (Å²) >= 11 is 0. The fourth-order valence-corrected chi connectivity index (χ4v) is 4.07. The first kappa shape index (κ1) is 22.3. The van der Waals surface area contributed by atoms with Crippen molar-refractivity contribution >= 4 is 21.6 Å². The number of rotatable bonds is 9. The Balaban J connectivity index is 1.56. The standard InChI is InChI=1S/C23H23FN2O4S/c1-26(20-8-3-2-4-9-20)31(28,29)22-10-5-7-18(17-22)23(27)25-15-6-16-30-21-13-11-19(24)12-14-21/h2-5,7-14,17H,6,15-16H2,1H3,(H,25,27). The second-order valence-corrected chi connectivity index (χ2v) is 8.72. The number of amides is 1. The number of benzene rings is 3. The topological polar surface area (TPSA) is 75.7 Å². The van der Waals surface area contributed by atoms with E-state index in [1.54, 1.807) is 36.4 Å². The van der Waals surface area contributed by atoms with Crippen molar-refractivity contribution in [3.8, 4) is 5.75 Å². The molecule has 0 fully saturated rings. The lowest BCUT2D eigenvalue weighted by Crippen LogP contribution is -2.28. The number of carbonyl (C=O) groups is 1. The van der Waals surface area contributed by atoms with E-state index in [2.05, 4.69) is 5.32 Å².